The molecule has 0 saturated heterocycles. The van der Waals surface area contributed by atoms with Gasteiger partial charge in [-0.15, -0.1) is 0 Å². The number of aryl methyl sites for hydroxylation is 1. The van der Waals surface area contributed by atoms with Gasteiger partial charge in [-0.2, -0.15) is 0 Å². The predicted molar refractivity (Wildman–Crippen MR) is 67.1 cm³/mol. The van der Waals surface area contributed by atoms with Crippen molar-refractivity contribution in [1.29, 1.82) is 0 Å². The van der Waals surface area contributed by atoms with E-state index < -0.39 is 0 Å². The highest BCUT2D eigenvalue weighted by molar-refractivity contribution is 9.10. The second-order valence-electron chi connectivity index (χ2n) is 4.28. The lowest BCUT2D eigenvalue weighted by Crippen LogP contribution is -2.04. The smallest absolute Gasteiger partial charge is 0.126 e. The molecule has 15 heavy (non-hydrogen) atoms. The van der Waals surface area contributed by atoms with Crippen molar-refractivity contribution in [3.63, 3.8) is 0 Å². The van der Waals surface area contributed by atoms with Gasteiger partial charge in [-0.3, -0.25) is 0 Å². The highest BCUT2D eigenvalue weighted by Gasteiger charge is 2.19. The first kappa shape index (κ1) is 10.9. The van der Waals surface area contributed by atoms with Crippen LogP contribution in [-0.4, -0.2) is 11.5 Å². The highest BCUT2D eigenvalue weighted by Crippen LogP contribution is 2.33. The van der Waals surface area contributed by atoms with Gasteiger partial charge in [0.15, 0.2) is 0 Å². The molecule has 2 rings (SSSR count). The molecule has 1 aliphatic rings. The Hall–Kier alpha value is -0.570. The van der Waals surface area contributed by atoms with E-state index in [1.807, 2.05) is 19.1 Å². The molecule has 1 saturated carbocycles. The number of pyridine rings is 1. The van der Waals surface area contributed by atoms with E-state index in [0.29, 0.717) is 0 Å². The van der Waals surface area contributed by atoms with Crippen molar-refractivity contribution >= 4 is 21.7 Å². The standard InChI is InChI=1S/C12H17BrN2/c1-9-11(13)6-7-12(15-9)14-8-2-3-10-4-5-10/h6-7,10H,2-5,8H2,1H3,(H,14,15). The van der Waals surface area contributed by atoms with E-state index in [9.17, 15) is 0 Å². The molecule has 0 atom stereocenters. The van der Waals surface area contributed by atoms with Crippen molar-refractivity contribution in [3.8, 4) is 0 Å². The normalized spacial score (nSPS) is 15.3. The molecular formula is C12H17BrN2. The topological polar surface area (TPSA) is 24.9 Å². The largest absolute Gasteiger partial charge is 0.370 e. The molecule has 0 bridgehead atoms. The van der Waals surface area contributed by atoms with Crippen LogP contribution in [0.25, 0.3) is 0 Å². The molecule has 0 spiro atoms. The molecule has 0 unspecified atom stereocenters. The van der Waals surface area contributed by atoms with Gasteiger partial charge in [0.05, 0.1) is 5.69 Å². The summed E-state index contributed by atoms with van der Waals surface area (Å²) in [6, 6.07) is 4.07. The lowest BCUT2D eigenvalue weighted by atomic mass is 10.2. The average Bonchev–Trinajstić information content (AvgIpc) is 3.02. The summed E-state index contributed by atoms with van der Waals surface area (Å²) in [5.74, 6) is 2.03. The quantitative estimate of drug-likeness (QED) is 0.823. The van der Waals surface area contributed by atoms with Gasteiger partial charge in [0.2, 0.25) is 0 Å². The van der Waals surface area contributed by atoms with E-state index >= 15 is 0 Å². The first-order chi connectivity index (χ1) is 7.25. The van der Waals surface area contributed by atoms with E-state index in [0.717, 1.165) is 28.4 Å². The van der Waals surface area contributed by atoms with Crippen molar-refractivity contribution in [2.75, 3.05) is 11.9 Å². The van der Waals surface area contributed by atoms with Crippen LogP contribution < -0.4 is 5.32 Å². The lowest BCUT2D eigenvalue weighted by Gasteiger charge is -2.06. The lowest BCUT2D eigenvalue weighted by molar-refractivity contribution is 0.686. The molecule has 1 heterocycles. The van der Waals surface area contributed by atoms with Crippen LogP contribution in [0.4, 0.5) is 5.82 Å². The highest BCUT2D eigenvalue weighted by atomic mass is 79.9. The molecule has 1 aromatic rings. The third kappa shape index (κ3) is 3.49. The maximum atomic E-state index is 4.45. The second-order valence-corrected chi connectivity index (χ2v) is 5.13. The molecule has 0 radical (unpaired) electrons. The zero-order chi connectivity index (χ0) is 10.7. The van der Waals surface area contributed by atoms with Crippen LogP contribution in [0.5, 0.6) is 0 Å². The zero-order valence-electron chi connectivity index (χ0n) is 9.09. The molecule has 1 aromatic heterocycles. The molecule has 0 aliphatic heterocycles. The Morgan fingerprint density at radius 3 is 2.93 bits per heavy atom. The fourth-order valence-electron chi connectivity index (χ4n) is 1.66. The van der Waals surface area contributed by atoms with Crippen molar-refractivity contribution in [2.45, 2.75) is 32.6 Å². The molecular weight excluding hydrogens is 252 g/mol. The Bertz CT molecular complexity index is 334. The Balaban J connectivity index is 1.74. The van der Waals surface area contributed by atoms with E-state index in [2.05, 4.69) is 26.2 Å². The van der Waals surface area contributed by atoms with E-state index in [4.69, 9.17) is 0 Å². The summed E-state index contributed by atoms with van der Waals surface area (Å²) < 4.78 is 1.08. The molecule has 1 fully saturated rings. The molecule has 2 nitrogen and oxygen atoms in total. The zero-order valence-corrected chi connectivity index (χ0v) is 10.7. The summed E-state index contributed by atoms with van der Waals surface area (Å²) in [6.45, 7) is 3.06. The third-order valence-corrected chi connectivity index (χ3v) is 3.65. The van der Waals surface area contributed by atoms with Gasteiger partial charge in [-0.1, -0.05) is 12.8 Å². The maximum Gasteiger partial charge on any atom is 0.126 e. The first-order valence-electron chi connectivity index (χ1n) is 5.63. The van der Waals surface area contributed by atoms with Crippen LogP contribution in [0.3, 0.4) is 0 Å². The van der Waals surface area contributed by atoms with Crippen molar-refractivity contribution in [1.82, 2.24) is 4.98 Å². The van der Waals surface area contributed by atoms with Crippen LogP contribution in [0.15, 0.2) is 16.6 Å². The minimum atomic E-state index is 0.992. The third-order valence-electron chi connectivity index (χ3n) is 2.81. The summed E-state index contributed by atoms with van der Waals surface area (Å²) in [5, 5.41) is 3.36. The molecule has 82 valence electrons. The number of hydrogen-bond acceptors (Lipinski definition) is 2. The number of nitrogens with one attached hydrogen (secondary N) is 1. The van der Waals surface area contributed by atoms with Crippen molar-refractivity contribution in [2.24, 2.45) is 5.92 Å². The van der Waals surface area contributed by atoms with Crippen LogP contribution >= 0.6 is 15.9 Å². The van der Waals surface area contributed by atoms with Gasteiger partial charge in [0.25, 0.3) is 0 Å². The summed E-state index contributed by atoms with van der Waals surface area (Å²) in [4.78, 5) is 4.45. The monoisotopic (exact) mass is 268 g/mol. The van der Waals surface area contributed by atoms with Gasteiger partial charge in [-0.25, -0.2) is 4.98 Å². The number of halogens is 1. The van der Waals surface area contributed by atoms with Crippen LogP contribution in [0.1, 0.15) is 31.4 Å². The minimum absolute atomic E-state index is 0.992. The first-order valence-corrected chi connectivity index (χ1v) is 6.42. The van der Waals surface area contributed by atoms with Crippen LogP contribution in [-0.2, 0) is 0 Å². The summed E-state index contributed by atoms with van der Waals surface area (Å²) in [6.07, 6.45) is 5.55. The fourth-order valence-corrected chi connectivity index (χ4v) is 1.88. The van der Waals surface area contributed by atoms with E-state index in [1.165, 1.54) is 25.7 Å². The van der Waals surface area contributed by atoms with Crippen molar-refractivity contribution < 1.29 is 0 Å². The van der Waals surface area contributed by atoms with Gasteiger partial charge < -0.3 is 5.32 Å². The Labute approximate surface area is 99.6 Å². The summed E-state index contributed by atoms with van der Waals surface area (Å²) in [7, 11) is 0. The predicted octanol–water partition coefficient (Wildman–Crippen LogP) is 3.75. The molecule has 3 heteroatoms. The SMILES string of the molecule is Cc1nc(NCCCC2CC2)ccc1Br. The summed E-state index contributed by atoms with van der Waals surface area (Å²) in [5.41, 5.74) is 1.04. The Kier molecular flexibility index (Phi) is 3.62. The summed E-state index contributed by atoms with van der Waals surface area (Å²) >= 11 is 3.45. The number of aromatic nitrogens is 1. The van der Waals surface area contributed by atoms with Gasteiger partial charge >= 0.3 is 0 Å². The van der Waals surface area contributed by atoms with Crippen LogP contribution in [0, 0.1) is 12.8 Å². The maximum absolute atomic E-state index is 4.45. The number of rotatable bonds is 5. The second kappa shape index (κ2) is 4.97. The van der Waals surface area contributed by atoms with Gasteiger partial charge in [0, 0.05) is 11.0 Å². The molecule has 1 N–H and O–H groups in total. The Morgan fingerprint density at radius 1 is 1.47 bits per heavy atom. The van der Waals surface area contributed by atoms with E-state index in [-0.39, 0.29) is 0 Å². The van der Waals surface area contributed by atoms with E-state index in [1.54, 1.807) is 0 Å². The number of hydrogen-bond donors (Lipinski definition) is 1. The minimum Gasteiger partial charge on any atom is -0.370 e. The number of nitrogens with zero attached hydrogens (tertiary/aromatic N) is 1. The average molecular weight is 269 g/mol. The fraction of sp³-hybridized carbons (Fsp3) is 0.583. The number of anilines is 1. The van der Waals surface area contributed by atoms with Gasteiger partial charge in [-0.05, 0) is 53.7 Å². The van der Waals surface area contributed by atoms with Crippen molar-refractivity contribution in [3.05, 3.63) is 22.3 Å². The molecule has 1 aliphatic carbocycles. The Morgan fingerprint density at radius 2 is 2.27 bits per heavy atom. The van der Waals surface area contributed by atoms with Crippen LogP contribution in [0.2, 0.25) is 0 Å². The molecule has 0 aromatic carbocycles. The van der Waals surface area contributed by atoms with Gasteiger partial charge in [0.1, 0.15) is 5.82 Å². The molecule has 0 amide bonds.